The zero-order valence-electron chi connectivity index (χ0n) is 12.9. The number of likely N-dealkylation sites (tertiary alicyclic amines) is 1. The molecular formula is C17H25NO2S. The van der Waals surface area contributed by atoms with Crippen LogP contribution < -0.4 is 0 Å². The highest BCUT2D eigenvalue weighted by Gasteiger charge is 2.30. The van der Waals surface area contributed by atoms with Gasteiger partial charge in [0.25, 0.3) is 0 Å². The van der Waals surface area contributed by atoms with Gasteiger partial charge in [0.2, 0.25) is 5.91 Å². The molecule has 1 amide bonds. The van der Waals surface area contributed by atoms with Gasteiger partial charge in [-0.2, -0.15) is 11.8 Å². The molecule has 0 bridgehead atoms. The third-order valence-corrected chi connectivity index (χ3v) is 5.39. The number of benzene rings is 1. The van der Waals surface area contributed by atoms with Gasteiger partial charge < -0.3 is 10.0 Å². The average Bonchev–Trinajstić information content (AvgIpc) is 2.97. The molecule has 1 aromatic carbocycles. The van der Waals surface area contributed by atoms with Crippen molar-refractivity contribution in [2.75, 3.05) is 18.8 Å². The summed E-state index contributed by atoms with van der Waals surface area (Å²) in [5, 5.41) is 9.62. The summed E-state index contributed by atoms with van der Waals surface area (Å²) in [6, 6.07) is 10.3. The molecule has 0 spiro atoms. The minimum atomic E-state index is -0.314. The molecule has 0 radical (unpaired) electrons. The maximum Gasteiger partial charge on any atom is 0.226 e. The summed E-state index contributed by atoms with van der Waals surface area (Å²) in [5.74, 6) is 2.33. The van der Waals surface area contributed by atoms with Crippen LogP contribution in [0.5, 0.6) is 0 Å². The van der Waals surface area contributed by atoms with Gasteiger partial charge >= 0.3 is 0 Å². The topological polar surface area (TPSA) is 40.5 Å². The fourth-order valence-corrected chi connectivity index (χ4v) is 3.73. The second-order valence-corrected chi connectivity index (χ2v) is 7.01. The number of nitrogens with zero attached hydrogens (tertiary/aromatic N) is 1. The molecule has 1 N–H and O–H groups in total. The molecule has 1 aliphatic rings. The van der Waals surface area contributed by atoms with Crippen molar-refractivity contribution < 1.29 is 9.90 Å². The van der Waals surface area contributed by atoms with E-state index in [1.54, 1.807) is 0 Å². The van der Waals surface area contributed by atoms with Crippen LogP contribution in [0, 0.1) is 11.8 Å². The highest BCUT2D eigenvalue weighted by Crippen LogP contribution is 2.23. The Kier molecular flexibility index (Phi) is 6.12. The molecule has 1 heterocycles. The first kappa shape index (κ1) is 16.4. The Morgan fingerprint density at radius 3 is 2.71 bits per heavy atom. The molecule has 1 aliphatic heterocycles. The zero-order valence-corrected chi connectivity index (χ0v) is 13.7. The quantitative estimate of drug-likeness (QED) is 0.878. The predicted octanol–water partition coefficient (Wildman–Crippen LogP) is 2.79. The van der Waals surface area contributed by atoms with Crippen LogP contribution in [-0.4, -0.2) is 40.9 Å². The summed E-state index contributed by atoms with van der Waals surface area (Å²) in [6.45, 7) is 5.33. The lowest BCUT2D eigenvalue weighted by Gasteiger charge is -2.21. The summed E-state index contributed by atoms with van der Waals surface area (Å²) in [7, 11) is 0. The van der Waals surface area contributed by atoms with Crippen molar-refractivity contribution in [1.29, 1.82) is 0 Å². The van der Waals surface area contributed by atoms with Crippen molar-refractivity contribution in [3.8, 4) is 0 Å². The lowest BCUT2D eigenvalue weighted by Crippen LogP contribution is -2.35. The Morgan fingerprint density at radius 1 is 1.38 bits per heavy atom. The van der Waals surface area contributed by atoms with Crippen LogP contribution in [0.15, 0.2) is 30.3 Å². The molecule has 1 fully saturated rings. The summed E-state index contributed by atoms with van der Waals surface area (Å²) in [6.07, 6.45) is 0.610. The van der Waals surface area contributed by atoms with Gasteiger partial charge in [0.1, 0.15) is 0 Å². The number of aliphatic hydroxyl groups excluding tert-OH is 1. The molecule has 21 heavy (non-hydrogen) atoms. The maximum atomic E-state index is 12.4. The Morgan fingerprint density at radius 2 is 2.10 bits per heavy atom. The largest absolute Gasteiger partial charge is 0.393 e. The van der Waals surface area contributed by atoms with Gasteiger partial charge in [-0.3, -0.25) is 4.79 Å². The molecule has 116 valence electrons. The molecule has 3 nitrogen and oxygen atoms in total. The van der Waals surface area contributed by atoms with Crippen molar-refractivity contribution in [2.45, 2.75) is 32.1 Å². The molecule has 0 aliphatic carbocycles. The third kappa shape index (κ3) is 4.75. The molecule has 4 heteroatoms. The first-order valence-corrected chi connectivity index (χ1v) is 8.82. The number of carbonyl (C=O) groups is 1. The predicted molar refractivity (Wildman–Crippen MR) is 88.1 cm³/mol. The number of aliphatic hydroxyl groups is 1. The van der Waals surface area contributed by atoms with Gasteiger partial charge in [0.15, 0.2) is 0 Å². The minimum Gasteiger partial charge on any atom is -0.393 e. The molecule has 3 unspecified atom stereocenters. The van der Waals surface area contributed by atoms with Gasteiger partial charge in [0.05, 0.1) is 6.10 Å². The van der Waals surface area contributed by atoms with E-state index in [2.05, 4.69) is 12.1 Å². The second kappa shape index (κ2) is 7.85. The van der Waals surface area contributed by atoms with E-state index in [9.17, 15) is 9.90 Å². The van der Waals surface area contributed by atoms with E-state index in [1.165, 1.54) is 5.56 Å². The van der Waals surface area contributed by atoms with Crippen LogP contribution in [-0.2, 0) is 10.5 Å². The lowest BCUT2D eigenvalue weighted by molar-refractivity contribution is -0.133. The van der Waals surface area contributed by atoms with E-state index in [0.717, 1.165) is 24.5 Å². The van der Waals surface area contributed by atoms with Crippen molar-refractivity contribution in [1.82, 2.24) is 4.90 Å². The Bertz CT molecular complexity index is 449. The highest BCUT2D eigenvalue weighted by molar-refractivity contribution is 7.98. The number of rotatable bonds is 6. The van der Waals surface area contributed by atoms with Crippen molar-refractivity contribution in [3.63, 3.8) is 0 Å². The molecule has 0 saturated carbocycles. The van der Waals surface area contributed by atoms with Crippen molar-refractivity contribution in [3.05, 3.63) is 35.9 Å². The number of carbonyl (C=O) groups excluding carboxylic acids is 1. The summed E-state index contributed by atoms with van der Waals surface area (Å²) in [5.41, 5.74) is 1.30. The Balaban J connectivity index is 1.73. The van der Waals surface area contributed by atoms with Crippen molar-refractivity contribution >= 4 is 17.7 Å². The van der Waals surface area contributed by atoms with Crippen LogP contribution >= 0.6 is 11.8 Å². The van der Waals surface area contributed by atoms with Gasteiger partial charge in [0, 0.05) is 36.4 Å². The van der Waals surface area contributed by atoms with Gasteiger partial charge in [-0.1, -0.05) is 37.3 Å². The summed E-state index contributed by atoms with van der Waals surface area (Å²) in [4.78, 5) is 14.3. The second-order valence-electron chi connectivity index (χ2n) is 5.98. The van der Waals surface area contributed by atoms with E-state index < -0.39 is 0 Å². The standard InChI is InChI=1S/C17H25NO2S/c1-13(11-21-12-15-6-4-3-5-7-15)17(20)18-9-8-16(10-18)14(2)19/h3-7,13-14,16,19H,8-12H2,1-2H3. The molecule has 1 aromatic rings. The average molecular weight is 307 g/mol. The lowest BCUT2D eigenvalue weighted by atomic mass is 10.0. The first-order valence-electron chi connectivity index (χ1n) is 7.66. The van der Waals surface area contributed by atoms with Crippen LogP contribution in [0.1, 0.15) is 25.8 Å². The minimum absolute atomic E-state index is 0.0476. The molecular weight excluding hydrogens is 282 g/mol. The third-order valence-electron chi connectivity index (χ3n) is 4.12. The van der Waals surface area contributed by atoms with Gasteiger partial charge in [-0.15, -0.1) is 0 Å². The van der Waals surface area contributed by atoms with E-state index >= 15 is 0 Å². The first-order chi connectivity index (χ1) is 10.1. The van der Waals surface area contributed by atoms with E-state index in [-0.39, 0.29) is 23.8 Å². The van der Waals surface area contributed by atoms with Crippen LogP contribution in [0.2, 0.25) is 0 Å². The summed E-state index contributed by atoms with van der Waals surface area (Å²) < 4.78 is 0. The molecule has 0 aromatic heterocycles. The summed E-state index contributed by atoms with van der Waals surface area (Å²) >= 11 is 1.81. The van der Waals surface area contributed by atoms with Gasteiger partial charge in [-0.25, -0.2) is 0 Å². The van der Waals surface area contributed by atoms with Crippen molar-refractivity contribution in [2.24, 2.45) is 11.8 Å². The van der Waals surface area contributed by atoms with Gasteiger partial charge in [-0.05, 0) is 18.9 Å². The number of hydrogen-bond acceptors (Lipinski definition) is 3. The molecule has 2 rings (SSSR count). The monoisotopic (exact) mass is 307 g/mol. The SMILES string of the molecule is CC(CSCc1ccccc1)C(=O)N1CCC(C(C)O)C1. The number of hydrogen-bond donors (Lipinski definition) is 1. The zero-order chi connectivity index (χ0) is 15.2. The fraction of sp³-hybridized carbons (Fsp3) is 0.588. The molecule has 1 saturated heterocycles. The molecule has 3 atom stereocenters. The normalized spacial score (nSPS) is 21.3. The van der Waals surface area contributed by atoms with Crippen LogP contribution in [0.4, 0.5) is 0 Å². The smallest absolute Gasteiger partial charge is 0.226 e. The Labute approximate surface area is 131 Å². The number of amides is 1. The van der Waals surface area contributed by atoms with E-state index in [1.807, 2.05) is 48.7 Å². The van der Waals surface area contributed by atoms with E-state index in [0.29, 0.717) is 6.54 Å². The highest BCUT2D eigenvalue weighted by atomic mass is 32.2. The van der Waals surface area contributed by atoms with Crippen LogP contribution in [0.25, 0.3) is 0 Å². The van der Waals surface area contributed by atoms with E-state index in [4.69, 9.17) is 0 Å². The maximum absolute atomic E-state index is 12.4. The van der Waals surface area contributed by atoms with Crippen LogP contribution in [0.3, 0.4) is 0 Å². The fourth-order valence-electron chi connectivity index (χ4n) is 2.69. The Hall–Kier alpha value is -1.00. The number of thioether (sulfide) groups is 1.